The van der Waals surface area contributed by atoms with Crippen molar-refractivity contribution in [2.24, 2.45) is 0 Å². The number of hydrogen-bond donors (Lipinski definition) is 1. The lowest BCUT2D eigenvalue weighted by Gasteiger charge is -2.25. The van der Waals surface area contributed by atoms with Crippen molar-refractivity contribution >= 4 is 10.0 Å². The average Bonchev–Trinajstić information content (AvgIpc) is 3.15. The Balaban J connectivity index is 1.87. The van der Waals surface area contributed by atoms with E-state index in [1.807, 2.05) is 0 Å². The highest BCUT2D eigenvalue weighted by Gasteiger charge is 2.39. The van der Waals surface area contributed by atoms with Gasteiger partial charge in [-0.05, 0) is 56.8 Å². The fourth-order valence-corrected chi connectivity index (χ4v) is 4.55. The van der Waals surface area contributed by atoms with Crippen LogP contribution in [-0.4, -0.2) is 37.9 Å². The fourth-order valence-electron chi connectivity index (χ4n) is 2.81. The van der Waals surface area contributed by atoms with E-state index in [1.165, 1.54) is 12.1 Å². The number of hydrogen-bond acceptors (Lipinski definition) is 3. The molecule has 6 heteroatoms. The van der Waals surface area contributed by atoms with Crippen molar-refractivity contribution in [2.75, 3.05) is 13.1 Å². The smallest absolute Gasteiger partial charge is 0.243 e. The van der Waals surface area contributed by atoms with Gasteiger partial charge in [-0.1, -0.05) is 6.07 Å². The van der Waals surface area contributed by atoms with Crippen molar-refractivity contribution in [1.82, 2.24) is 9.62 Å². The largest absolute Gasteiger partial charge is 0.313 e. The molecule has 1 saturated heterocycles. The van der Waals surface area contributed by atoms with Gasteiger partial charge < -0.3 is 5.32 Å². The molecule has 0 spiro atoms. The molecule has 0 aromatic heterocycles. The second-order valence-corrected chi connectivity index (χ2v) is 7.90. The normalized spacial score (nSPS) is 22.9. The van der Waals surface area contributed by atoms with Gasteiger partial charge in [0.2, 0.25) is 10.0 Å². The van der Waals surface area contributed by atoms with Gasteiger partial charge in [0.1, 0.15) is 5.82 Å². The van der Waals surface area contributed by atoms with Crippen LogP contribution in [0.15, 0.2) is 23.1 Å². The first-order chi connectivity index (χ1) is 9.98. The lowest BCUT2D eigenvalue weighted by atomic mass is 10.2. The lowest BCUT2D eigenvalue weighted by molar-refractivity contribution is 0.362. The van der Waals surface area contributed by atoms with E-state index in [9.17, 15) is 12.8 Å². The van der Waals surface area contributed by atoms with Crippen LogP contribution in [-0.2, 0) is 10.0 Å². The quantitative estimate of drug-likeness (QED) is 0.905. The third-order valence-corrected chi connectivity index (χ3v) is 6.18. The maximum absolute atomic E-state index is 13.7. The predicted molar refractivity (Wildman–Crippen MR) is 79.1 cm³/mol. The topological polar surface area (TPSA) is 49.4 Å². The Kier molecular flexibility index (Phi) is 4.03. The minimum atomic E-state index is -3.61. The highest BCUT2D eigenvalue weighted by Crippen LogP contribution is 2.33. The zero-order valence-corrected chi connectivity index (χ0v) is 13.0. The van der Waals surface area contributed by atoms with E-state index in [0.717, 1.165) is 38.3 Å². The molecule has 0 radical (unpaired) electrons. The Morgan fingerprint density at radius 2 is 2.10 bits per heavy atom. The molecule has 0 amide bonds. The molecule has 1 aromatic rings. The highest BCUT2D eigenvalue weighted by atomic mass is 32.2. The van der Waals surface area contributed by atoms with Crippen LogP contribution in [0.25, 0.3) is 0 Å². The molecule has 1 aliphatic carbocycles. The SMILES string of the molecule is Cc1ccc(S(=O)(=O)N(CC2CCCN2)C2CC2)cc1F. The summed E-state index contributed by atoms with van der Waals surface area (Å²) < 4.78 is 40.9. The van der Waals surface area contributed by atoms with Gasteiger partial charge in [-0.2, -0.15) is 4.31 Å². The fraction of sp³-hybridized carbons (Fsp3) is 0.600. The van der Waals surface area contributed by atoms with E-state index in [1.54, 1.807) is 11.2 Å². The molecular formula is C15H21FN2O2S. The zero-order chi connectivity index (χ0) is 15.0. The van der Waals surface area contributed by atoms with E-state index in [0.29, 0.717) is 12.1 Å². The number of rotatable bonds is 5. The molecule has 4 nitrogen and oxygen atoms in total. The van der Waals surface area contributed by atoms with Crippen LogP contribution in [0.5, 0.6) is 0 Å². The van der Waals surface area contributed by atoms with Crippen LogP contribution < -0.4 is 5.32 Å². The van der Waals surface area contributed by atoms with Gasteiger partial charge in [-0.3, -0.25) is 0 Å². The molecule has 2 fully saturated rings. The molecule has 1 aromatic carbocycles. The number of sulfonamides is 1. The summed E-state index contributed by atoms with van der Waals surface area (Å²) in [4.78, 5) is 0.0653. The number of nitrogens with zero attached hydrogens (tertiary/aromatic N) is 1. The maximum Gasteiger partial charge on any atom is 0.243 e. The number of halogens is 1. The molecule has 2 aliphatic rings. The van der Waals surface area contributed by atoms with Crippen LogP contribution in [0.2, 0.25) is 0 Å². The molecule has 21 heavy (non-hydrogen) atoms. The third-order valence-electron chi connectivity index (χ3n) is 4.27. The Bertz CT molecular complexity index is 623. The van der Waals surface area contributed by atoms with Crippen LogP contribution in [0.1, 0.15) is 31.2 Å². The summed E-state index contributed by atoms with van der Waals surface area (Å²) in [5, 5.41) is 3.33. The second kappa shape index (κ2) is 5.66. The number of aryl methyl sites for hydroxylation is 1. The van der Waals surface area contributed by atoms with E-state index in [-0.39, 0.29) is 17.0 Å². The summed E-state index contributed by atoms with van der Waals surface area (Å²) in [6.07, 6.45) is 3.89. The summed E-state index contributed by atoms with van der Waals surface area (Å²) >= 11 is 0. The molecule has 116 valence electrons. The summed E-state index contributed by atoms with van der Waals surface area (Å²) in [5.74, 6) is -0.467. The Labute approximate surface area is 125 Å². The van der Waals surface area contributed by atoms with Crippen molar-refractivity contribution in [2.45, 2.75) is 49.6 Å². The standard InChI is InChI=1S/C15H21FN2O2S/c1-11-4-7-14(9-15(11)16)21(19,20)18(13-5-6-13)10-12-3-2-8-17-12/h4,7,9,12-13,17H,2-3,5-6,8,10H2,1H3. The zero-order valence-electron chi connectivity index (χ0n) is 12.2. The van der Waals surface area contributed by atoms with Crippen molar-refractivity contribution in [3.63, 3.8) is 0 Å². The van der Waals surface area contributed by atoms with Gasteiger partial charge in [0, 0.05) is 18.6 Å². The molecule has 1 saturated carbocycles. The first kappa shape index (κ1) is 14.9. The van der Waals surface area contributed by atoms with Gasteiger partial charge in [-0.15, -0.1) is 0 Å². The van der Waals surface area contributed by atoms with E-state index >= 15 is 0 Å². The van der Waals surface area contributed by atoms with E-state index in [2.05, 4.69) is 5.32 Å². The van der Waals surface area contributed by atoms with Crippen LogP contribution in [0.4, 0.5) is 4.39 Å². The van der Waals surface area contributed by atoms with Crippen LogP contribution in [0, 0.1) is 12.7 Å². The molecule has 1 unspecified atom stereocenters. The molecule has 3 rings (SSSR count). The minimum Gasteiger partial charge on any atom is -0.313 e. The first-order valence-corrected chi connectivity index (χ1v) is 8.94. The van der Waals surface area contributed by atoms with Crippen molar-refractivity contribution in [3.8, 4) is 0 Å². The van der Waals surface area contributed by atoms with E-state index < -0.39 is 15.8 Å². The van der Waals surface area contributed by atoms with Gasteiger partial charge in [0.25, 0.3) is 0 Å². The summed E-state index contributed by atoms with van der Waals surface area (Å²) in [7, 11) is -3.61. The maximum atomic E-state index is 13.7. The Hall–Kier alpha value is -0.980. The molecule has 1 aliphatic heterocycles. The van der Waals surface area contributed by atoms with Gasteiger partial charge in [-0.25, -0.2) is 12.8 Å². The van der Waals surface area contributed by atoms with Gasteiger partial charge in [0.15, 0.2) is 0 Å². The average molecular weight is 312 g/mol. The number of nitrogens with one attached hydrogen (secondary N) is 1. The predicted octanol–water partition coefficient (Wildman–Crippen LogP) is 2.04. The van der Waals surface area contributed by atoms with Crippen molar-refractivity contribution in [3.05, 3.63) is 29.6 Å². The summed E-state index contributed by atoms with van der Waals surface area (Å²) in [5.41, 5.74) is 0.462. The lowest BCUT2D eigenvalue weighted by Crippen LogP contribution is -2.42. The number of benzene rings is 1. The Morgan fingerprint density at radius 3 is 2.67 bits per heavy atom. The first-order valence-electron chi connectivity index (χ1n) is 7.50. The molecule has 1 heterocycles. The molecular weight excluding hydrogens is 291 g/mol. The van der Waals surface area contributed by atoms with Crippen molar-refractivity contribution < 1.29 is 12.8 Å². The van der Waals surface area contributed by atoms with Crippen LogP contribution in [0.3, 0.4) is 0 Å². The monoisotopic (exact) mass is 312 g/mol. The van der Waals surface area contributed by atoms with Crippen LogP contribution >= 0.6 is 0 Å². The van der Waals surface area contributed by atoms with Gasteiger partial charge >= 0.3 is 0 Å². The highest BCUT2D eigenvalue weighted by molar-refractivity contribution is 7.89. The molecule has 1 atom stereocenters. The summed E-state index contributed by atoms with van der Waals surface area (Å²) in [6.45, 7) is 3.07. The summed E-state index contributed by atoms with van der Waals surface area (Å²) in [6, 6.07) is 4.48. The minimum absolute atomic E-state index is 0.0653. The Morgan fingerprint density at radius 1 is 1.33 bits per heavy atom. The third kappa shape index (κ3) is 3.12. The molecule has 0 bridgehead atoms. The molecule has 1 N–H and O–H groups in total. The van der Waals surface area contributed by atoms with E-state index in [4.69, 9.17) is 0 Å². The van der Waals surface area contributed by atoms with Gasteiger partial charge in [0.05, 0.1) is 4.90 Å². The second-order valence-electron chi connectivity index (χ2n) is 6.01. The van der Waals surface area contributed by atoms with Crippen molar-refractivity contribution in [1.29, 1.82) is 0 Å².